The van der Waals surface area contributed by atoms with E-state index in [1.807, 2.05) is 0 Å². The summed E-state index contributed by atoms with van der Waals surface area (Å²) in [5.74, 6) is 2.97. The van der Waals surface area contributed by atoms with E-state index in [9.17, 15) is 0 Å². The van der Waals surface area contributed by atoms with Crippen molar-refractivity contribution < 1.29 is 0 Å². The van der Waals surface area contributed by atoms with Crippen molar-refractivity contribution in [3.8, 4) is 5.69 Å². The summed E-state index contributed by atoms with van der Waals surface area (Å²) in [5.41, 5.74) is 5.90. The molecule has 4 aliphatic rings. The summed E-state index contributed by atoms with van der Waals surface area (Å²) in [6, 6.07) is 25.1. The first-order valence-electron chi connectivity index (χ1n) is 11.5. The molecule has 0 aliphatic heterocycles. The number of fused-ring (bicyclic) bond motifs is 3. The molecule has 0 spiro atoms. The molecule has 0 saturated heterocycles. The summed E-state index contributed by atoms with van der Waals surface area (Å²) in [5, 5.41) is 2.64. The molecule has 3 aromatic carbocycles. The van der Waals surface area contributed by atoms with Crippen LogP contribution in [0.15, 0.2) is 71.2 Å². The fourth-order valence-electron chi connectivity index (χ4n) is 7.65. The zero-order chi connectivity index (χ0) is 19.9. The quantitative estimate of drug-likeness (QED) is 0.288. The van der Waals surface area contributed by atoms with Crippen LogP contribution in [0.4, 0.5) is 0 Å². The Balaban J connectivity index is 1.36. The maximum atomic E-state index is 3.68. The van der Waals surface area contributed by atoms with E-state index in [1.54, 1.807) is 5.56 Å². The lowest BCUT2D eigenvalue weighted by Gasteiger charge is -2.57. The van der Waals surface area contributed by atoms with Crippen LogP contribution < -0.4 is 0 Å². The molecular weight excluding hydrogens is 430 g/mol. The van der Waals surface area contributed by atoms with Gasteiger partial charge in [-0.1, -0.05) is 52.3 Å². The zero-order valence-electron chi connectivity index (χ0n) is 17.2. The number of nitrogens with zero attached hydrogens (tertiary/aromatic N) is 1. The van der Waals surface area contributed by atoms with Crippen LogP contribution in [0.2, 0.25) is 0 Å². The summed E-state index contributed by atoms with van der Waals surface area (Å²) in [7, 11) is 0. The molecule has 8 rings (SSSR count). The predicted octanol–water partition coefficient (Wildman–Crippen LogP) is 8.01. The maximum Gasteiger partial charge on any atom is 0.0552 e. The summed E-state index contributed by atoms with van der Waals surface area (Å²) in [4.78, 5) is 0. The van der Waals surface area contributed by atoms with Crippen LogP contribution in [0.25, 0.3) is 27.5 Å². The first kappa shape index (κ1) is 17.6. The van der Waals surface area contributed by atoms with Crippen molar-refractivity contribution in [2.45, 2.75) is 43.9 Å². The van der Waals surface area contributed by atoms with Crippen molar-refractivity contribution in [1.29, 1.82) is 0 Å². The van der Waals surface area contributed by atoms with Gasteiger partial charge < -0.3 is 4.57 Å². The number of hydrogen-bond donors (Lipinski definition) is 0. The number of halogens is 1. The fourth-order valence-corrected chi connectivity index (χ4v) is 8.00. The second-order valence-corrected chi connectivity index (χ2v) is 11.2. The van der Waals surface area contributed by atoms with Crippen molar-refractivity contribution in [3.63, 3.8) is 0 Å². The molecule has 0 unspecified atom stereocenters. The van der Waals surface area contributed by atoms with E-state index in [-0.39, 0.29) is 0 Å². The molecule has 0 amide bonds. The largest absolute Gasteiger partial charge is 0.309 e. The van der Waals surface area contributed by atoms with Crippen molar-refractivity contribution in [3.05, 3.63) is 76.8 Å². The average molecular weight is 456 g/mol. The molecule has 4 bridgehead atoms. The van der Waals surface area contributed by atoms with Crippen LogP contribution in [-0.2, 0) is 5.41 Å². The Bertz CT molecular complexity index is 1240. The molecule has 0 N–H and O–H groups in total. The molecule has 1 aromatic heterocycles. The van der Waals surface area contributed by atoms with Gasteiger partial charge in [-0.15, -0.1) is 0 Å². The smallest absolute Gasteiger partial charge is 0.0552 e. The molecule has 1 heterocycles. The minimum atomic E-state index is 0.469. The number of benzene rings is 3. The van der Waals surface area contributed by atoms with Gasteiger partial charge in [-0.25, -0.2) is 0 Å². The molecule has 1 nitrogen and oxygen atoms in total. The molecule has 4 saturated carbocycles. The Morgan fingerprint density at radius 2 is 1.33 bits per heavy atom. The van der Waals surface area contributed by atoms with Gasteiger partial charge >= 0.3 is 0 Å². The van der Waals surface area contributed by atoms with E-state index in [0.717, 1.165) is 22.2 Å². The number of hydrogen-bond acceptors (Lipinski definition) is 0. The first-order valence-corrected chi connectivity index (χ1v) is 12.3. The molecule has 4 aromatic rings. The van der Waals surface area contributed by atoms with Crippen molar-refractivity contribution in [2.75, 3.05) is 0 Å². The van der Waals surface area contributed by atoms with E-state index >= 15 is 0 Å². The summed E-state index contributed by atoms with van der Waals surface area (Å²) in [6.45, 7) is 0. The van der Waals surface area contributed by atoms with Crippen molar-refractivity contribution in [2.24, 2.45) is 17.8 Å². The van der Waals surface area contributed by atoms with Crippen LogP contribution in [0.5, 0.6) is 0 Å². The fraction of sp³-hybridized carbons (Fsp3) is 0.357. The second-order valence-electron chi connectivity index (χ2n) is 10.3. The van der Waals surface area contributed by atoms with Gasteiger partial charge in [0.05, 0.1) is 11.0 Å². The van der Waals surface area contributed by atoms with Crippen molar-refractivity contribution in [1.82, 2.24) is 4.57 Å². The Hall–Kier alpha value is -2.06. The Morgan fingerprint density at radius 3 is 2.03 bits per heavy atom. The monoisotopic (exact) mass is 455 g/mol. The number of aromatic nitrogens is 1. The second kappa shape index (κ2) is 6.23. The van der Waals surface area contributed by atoms with E-state index in [0.29, 0.717) is 5.41 Å². The predicted molar refractivity (Wildman–Crippen MR) is 128 cm³/mol. The van der Waals surface area contributed by atoms with Gasteiger partial charge in [0.15, 0.2) is 0 Å². The number of para-hydroxylation sites is 1. The highest BCUT2D eigenvalue weighted by atomic mass is 79.9. The van der Waals surface area contributed by atoms with E-state index < -0.39 is 0 Å². The maximum absolute atomic E-state index is 3.68. The van der Waals surface area contributed by atoms with Gasteiger partial charge in [0.25, 0.3) is 0 Å². The van der Waals surface area contributed by atoms with Crippen LogP contribution in [-0.4, -0.2) is 4.57 Å². The Morgan fingerprint density at radius 1 is 0.700 bits per heavy atom. The molecule has 0 atom stereocenters. The SMILES string of the molecule is Brc1ccc2c3ccccc3n(-c3ccc(C45CC6CC(CC(C6)C4)C5)cc3)c2c1. The topological polar surface area (TPSA) is 4.93 Å². The van der Waals surface area contributed by atoms with Crippen molar-refractivity contribution >= 4 is 37.7 Å². The standard InChI is InChI=1S/C28H26BrN/c29-22-7-10-25-24-3-1-2-4-26(24)30(27(25)14-22)23-8-5-21(6-9-23)28-15-18-11-19(16-28)13-20(12-18)17-28/h1-10,14,18-20H,11-13,15-17H2. The third-order valence-electron chi connectivity index (χ3n) is 8.41. The van der Waals surface area contributed by atoms with Gasteiger partial charge in [0.2, 0.25) is 0 Å². The molecule has 30 heavy (non-hydrogen) atoms. The van der Waals surface area contributed by atoms with Crippen LogP contribution in [0.1, 0.15) is 44.1 Å². The van der Waals surface area contributed by atoms with Gasteiger partial charge in [0.1, 0.15) is 0 Å². The molecule has 0 radical (unpaired) electrons. The van der Waals surface area contributed by atoms with E-state index in [4.69, 9.17) is 0 Å². The Kier molecular flexibility index (Phi) is 3.66. The third-order valence-corrected chi connectivity index (χ3v) is 8.91. The molecule has 2 heteroatoms. The minimum Gasteiger partial charge on any atom is -0.309 e. The van der Waals surface area contributed by atoms with Gasteiger partial charge in [-0.05, 0) is 97.6 Å². The lowest BCUT2D eigenvalue weighted by atomic mass is 9.48. The normalized spacial score (nSPS) is 29.8. The molecule has 4 aliphatic carbocycles. The van der Waals surface area contributed by atoms with Gasteiger partial charge in [0, 0.05) is 20.9 Å². The van der Waals surface area contributed by atoms with Crippen LogP contribution in [0.3, 0.4) is 0 Å². The Labute approximate surface area is 186 Å². The average Bonchev–Trinajstić information content (AvgIpc) is 3.06. The molecular formula is C28H26BrN. The summed E-state index contributed by atoms with van der Waals surface area (Å²) in [6.07, 6.45) is 8.82. The minimum absolute atomic E-state index is 0.469. The first-order chi connectivity index (χ1) is 14.7. The van der Waals surface area contributed by atoms with E-state index in [2.05, 4.69) is 87.2 Å². The van der Waals surface area contributed by atoms with E-state index in [1.165, 1.54) is 66.0 Å². The molecule has 4 fully saturated rings. The highest BCUT2D eigenvalue weighted by molar-refractivity contribution is 9.10. The third kappa shape index (κ3) is 2.46. The lowest BCUT2D eigenvalue weighted by molar-refractivity contribution is -0.00518. The van der Waals surface area contributed by atoms with Crippen LogP contribution in [0, 0.1) is 17.8 Å². The van der Waals surface area contributed by atoms with Gasteiger partial charge in [-0.3, -0.25) is 0 Å². The van der Waals surface area contributed by atoms with Gasteiger partial charge in [-0.2, -0.15) is 0 Å². The highest BCUT2D eigenvalue weighted by Gasteiger charge is 2.51. The van der Waals surface area contributed by atoms with Crippen LogP contribution >= 0.6 is 15.9 Å². The lowest BCUT2D eigenvalue weighted by Crippen LogP contribution is -2.48. The zero-order valence-corrected chi connectivity index (χ0v) is 18.7. The molecule has 150 valence electrons. The number of rotatable bonds is 2. The summed E-state index contributed by atoms with van der Waals surface area (Å²) >= 11 is 3.68. The summed E-state index contributed by atoms with van der Waals surface area (Å²) < 4.78 is 3.56. The highest BCUT2D eigenvalue weighted by Crippen LogP contribution is 2.60.